The predicted octanol–water partition coefficient (Wildman–Crippen LogP) is 5.41. The van der Waals surface area contributed by atoms with Crippen molar-refractivity contribution in [3.05, 3.63) is 64.0 Å². The van der Waals surface area contributed by atoms with E-state index in [-0.39, 0.29) is 17.6 Å². The number of carbonyl (C=O) groups excluding carboxylic acids is 3. The van der Waals surface area contributed by atoms with Gasteiger partial charge in [0, 0.05) is 15.5 Å². The second-order valence-corrected chi connectivity index (χ2v) is 10.4. The number of rotatable bonds is 9. The van der Waals surface area contributed by atoms with Gasteiger partial charge in [-0.05, 0) is 61.6 Å². The minimum Gasteiger partial charge on any atom is -0.496 e. The molecule has 0 unspecified atom stereocenters. The maximum atomic E-state index is 13.0. The molecule has 3 aromatic rings. The molecule has 0 aliphatic heterocycles. The van der Waals surface area contributed by atoms with Gasteiger partial charge >= 0.3 is 5.97 Å². The Bertz CT molecular complexity index is 1300. The fraction of sp³-hybridized carbons (Fsp3) is 0.296. The number of carbonyl (C=O) groups is 3. The number of thioether (sulfide) groups is 1. The number of hydrogen-bond donors (Lipinski definition) is 2. The lowest BCUT2D eigenvalue weighted by Crippen LogP contribution is -2.16. The maximum Gasteiger partial charge on any atom is 0.341 e. The molecule has 2 aromatic carbocycles. The number of nitrogens with one attached hydrogen (secondary N) is 2. The molecule has 37 heavy (non-hydrogen) atoms. The number of anilines is 2. The molecule has 1 aliphatic carbocycles. The lowest BCUT2D eigenvalue weighted by Gasteiger charge is -2.13. The minimum atomic E-state index is -0.419. The van der Waals surface area contributed by atoms with Gasteiger partial charge in [-0.25, -0.2) is 4.79 Å². The van der Waals surface area contributed by atoms with E-state index in [9.17, 15) is 14.4 Å². The molecule has 0 spiro atoms. The molecule has 10 heteroatoms. The van der Waals surface area contributed by atoms with Crippen molar-refractivity contribution in [1.82, 2.24) is 0 Å². The normalized spacial score (nSPS) is 12.3. The zero-order chi connectivity index (χ0) is 26.4. The van der Waals surface area contributed by atoms with Gasteiger partial charge in [-0.1, -0.05) is 12.1 Å². The summed E-state index contributed by atoms with van der Waals surface area (Å²) in [5, 5.41) is 6.33. The smallest absolute Gasteiger partial charge is 0.341 e. The van der Waals surface area contributed by atoms with E-state index in [4.69, 9.17) is 14.2 Å². The van der Waals surface area contributed by atoms with Crippen molar-refractivity contribution in [2.45, 2.75) is 30.6 Å². The zero-order valence-corrected chi connectivity index (χ0v) is 22.5. The van der Waals surface area contributed by atoms with Crippen LogP contribution in [0.2, 0.25) is 0 Å². The van der Waals surface area contributed by atoms with Gasteiger partial charge in [0.15, 0.2) is 0 Å². The number of hydrogen-bond acceptors (Lipinski definition) is 8. The molecule has 0 atom stereocenters. The van der Waals surface area contributed by atoms with Crippen LogP contribution in [0.1, 0.15) is 44.0 Å². The first kappa shape index (κ1) is 26.6. The standard InChI is InChI=1S/C27H28N2O6S2/c1-33-19-11-7-12-20(34-2)24(19)25(31)28-16-8-6-9-17(14-16)36-15-22(30)29-26-23(27(32)35-3)18-10-4-5-13-21(18)37-26/h6-9,11-12,14H,4-5,10,13,15H2,1-3H3,(H,28,31)(H,29,30). The Hall–Kier alpha value is -3.50. The van der Waals surface area contributed by atoms with Crippen molar-refractivity contribution in [3.63, 3.8) is 0 Å². The predicted molar refractivity (Wildman–Crippen MR) is 146 cm³/mol. The van der Waals surface area contributed by atoms with Gasteiger partial charge in [0.25, 0.3) is 5.91 Å². The summed E-state index contributed by atoms with van der Waals surface area (Å²) >= 11 is 2.79. The van der Waals surface area contributed by atoms with E-state index in [0.717, 1.165) is 41.0 Å². The van der Waals surface area contributed by atoms with Crippen molar-refractivity contribution in [2.75, 3.05) is 37.7 Å². The number of ether oxygens (including phenoxy) is 3. The molecule has 0 saturated heterocycles. The molecule has 8 nitrogen and oxygen atoms in total. The van der Waals surface area contributed by atoms with E-state index in [1.807, 2.05) is 6.07 Å². The monoisotopic (exact) mass is 540 g/mol. The Morgan fingerprint density at radius 1 is 0.919 bits per heavy atom. The van der Waals surface area contributed by atoms with Crippen molar-refractivity contribution < 1.29 is 28.6 Å². The van der Waals surface area contributed by atoms with Crippen LogP contribution < -0.4 is 20.1 Å². The summed E-state index contributed by atoms with van der Waals surface area (Å²) in [5.41, 5.74) is 2.35. The van der Waals surface area contributed by atoms with Gasteiger partial charge in [0.05, 0.1) is 32.6 Å². The molecule has 0 fully saturated rings. The zero-order valence-electron chi connectivity index (χ0n) is 20.8. The fourth-order valence-corrected chi connectivity index (χ4v) is 6.26. The number of aryl methyl sites for hydroxylation is 1. The molecule has 0 bridgehead atoms. The first-order valence-electron chi connectivity index (χ1n) is 11.7. The van der Waals surface area contributed by atoms with Crippen molar-refractivity contribution in [2.24, 2.45) is 0 Å². The van der Waals surface area contributed by atoms with Crippen molar-refractivity contribution in [3.8, 4) is 11.5 Å². The van der Waals surface area contributed by atoms with Crippen LogP contribution in [0.5, 0.6) is 11.5 Å². The Balaban J connectivity index is 1.42. The van der Waals surface area contributed by atoms with Crippen LogP contribution in [0.25, 0.3) is 0 Å². The third-order valence-corrected chi connectivity index (χ3v) is 8.13. The molecule has 0 saturated carbocycles. The van der Waals surface area contributed by atoms with Crippen LogP contribution in [0.3, 0.4) is 0 Å². The van der Waals surface area contributed by atoms with Gasteiger partial charge in [0.2, 0.25) is 5.91 Å². The molecule has 2 N–H and O–H groups in total. The molecule has 4 rings (SSSR count). The Kier molecular flexibility index (Phi) is 8.73. The Morgan fingerprint density at radius 2 is 1.62 bits per heavy atom. The molecule has 194 valence electrons. The topological polar surface area (TPSA) is 103 Å². The lowest BCUT2D eigenvalue weighted by molar-refractivity contribution is -0.113. The SMILES string of the molecule is COC(=O)c1c(NC(=O)CSc2cccc(NC(=O)c3c(OC)cccc3OC)c2)sc2c1CCCC2. The third kappa shape index (κ3) is 6.08. The van der Waals surface area contributed by atoms with Gasteiger partial charge in [-0.2, -0.15) is 0 Å². The highest BCUT2D eigenvalue weighted by Gasteiger charge is 2.27. The van der Waals surface area contributed by atoms with Crippen LogP contribution in [-0.4, -0.2) is 44.9 Å². The van der Waals surface area contributed by atoms with E-state index < -0.39 is 5.97 Å². The number of amides is 2. The summed E-state index contributed by atoms with van der Waals surface area (Å²) in [6, 6.07) is 12.4. The molecule has 2 amide bonds. The van der Waals surface area contributed by atoms with E-state index in [2.05, 4.69) is 10.6 Å². The Labute approximate surface area is 223 Å². The number of benzene rings is 2. The van der Waals surface area contributed by atoms with E-state index in [1.54, 1.807) is 36.4 Å². The van der Waals surface area contributed by atoms with Gasteiger partial charge in [-0.3, -0.25) is 9.59 Å². The lowest BCUT2D eigenvalue weighted by atomic mass is 9.95. The number of thiophene rings is 1. The van der Waals surface area contributed by atoms with Crippen LogP contribution in [-0.2, 0) is 22.4 Å². The summed E-state index contributed by atoms with van der Waals surface area (Å²) in [6.45, 7) is 0. The van der Waals surface area contributed by atoms with Crippen LogP contribution >= 0.6 is 23.1 Å². The second kappa shape index (κ2) is 12.2. The highest BCUT2D eigenvalue weighted by Crippen LogP contribution is 2.38. The summed E-state index contributed by atoms with van der Waals surface area (Å²) in [4.78, 5) is 40.1. The Morgan fingerprint density at radius 3 is 2.32 bits per heavy atom. The average Bonchev–Trinajstić information content (AvgIpc) is 3.28. The number of esters is 1. The van der Waals surface area contributed by atoms with Crippen LogP contribution in [0.4, 0.5) is 10.7 Å². The molecule has 1 aliphatic rings. The van der Waals surface area contributed by atoms with Crippen molar-refractivity contribution in [1.29, 1.82) is 0 Å². The van der Waals surface area contributed by atoms with Gasteiger partial charge in [-0.15, -0.1) is 23.1 Å². The average molecular weight is 541 g/mol. The minimum absolute atomic E-state index is 0.140. The quantitative estimate of drug-likeness (QED) is 0.276. The van der Waals surface area contributed by atoms with E-state index in [1.165, 1.54) is 44.4 Å². The number of fused-ring (bicyclic) bond motifs is 1. The summed E-state index contributed by atoms with van der Waals surface area (Å²) < 4.78 is 15.6. The van der Waals surface area contributed by atoms with E-state index in [0.29, 0.717) is 33.3 Å². The first-order chi connectivity index (χ1) is 17.9. The van der Waals surface area contributed by atoms with E-state index >= 15 is 0 Å². The second-order valence-electron chi connectivity index (χ2n) is 8.26. The van der Waals surface area contributed by atoms with Gasteiger partial charge < -0.3 is 24.8 Å². The molecular weight excluding hydrogens is 512 g/mol. The van der Waals surface area contributed by atoms with Crippen LogP contribution in [0, 0.1) is 0 Å². The van der Waals surface area contributed by atoms with Crippen LogP contribution in [0.15, 0.2) is 47.4 Å². The first-order valence-corrected chi connectivity index (χ1v) is 13.5. The van der Waals surface area contributed by atoms with Gasteiger partial charge in [0.1, 0.15) is 22.1 Å². The molecule has 0 radical (unpaired) electrons. The third-order valence-electron chi connectivity index (χ3n) is 5.93. The summed E-state index contributed by atoms with van der Waals surface area (Å²) in [7, 11) is 4.34. The fourth-order valence-electron chi connectivity index (χ4n) is 4.22. The highest BCUT2D eigenvalue weighted by molar-refractivity contribution is 8.00. The summed E-state index contributed by atoms with van der Waals surface area (Å²) in [5.74, 6) is -0.0622. The molecular formula is C27H28N2O6S2. The molecule has 1 heterocycles. The number of methoxy groups -OCH3 is 3. The maximum absolute atomic E-state index is 13.0. The highest BCUT2D eigenvalue weighted by atomic mass is 32.2. The van der Waals surface area contributed by atoms with Crippen molar-refractivity contribution >= 4 is 51.6 Å². The summed E-state index contributed by atoms with van der Waals surface area (Å²) in [6.07, 6.45) is 3.83. The molecule has 1 aromatic heterocycles. The largest absolute Gasteiger partial charge is 0.496 e.